The second-order valence-corrected chi connectivity index (χ2v) is 9.37. The van der Waals surface area contributed by atoms with Crippen LogP contribution in [0.3, 0.4) is 0 Å². The number of hydrogen-bond acceptors (Lipinski definition) is 5. The minimum atomic E-state index is -0.759. The third-order valence-corrected chi connectivity index (χ3v) is 6.94. The topological polar surface area (TPSA) is 103 Å². The molecule has 3 heterocycles. The van der Waals surface area contributed by atoms with E-state index >= 15 is 0 Å². The molecule has 1 aromatic heterocycles. The molecule has 2 atom stereocenters. The number of para-hydroxylation sites is 1. The minimum absolute atomic E-state index is 0.177. The van der Waals surface area contributed by atoms with Crippen molar-refractivity contribution in [3.8, 4) is 11.8 Å². The SMILES string of the molecule is Cn1c(=O)n(C2CCC(=O)NC2=O)c2cccc(C#CC3CCCCN3C(=O)OCc3ccccc3)c21. The van der Waals surface area contributed by atoms with Crippen molar-refractivity contribution >= 4 is 28.9 Å². The van der Waals surface area contributed by atoms with Crippen LogP contribution in [0.15, 0.2) is 53.3 Å². The summed E-state index contributed by atoms with van der Waals surface area (Å²) in [5.41, 5.74) is 2.40. The van der Waals surface area contributed by atoms with Gasteiger partial charge in [0.1, 0.15) is 12.6 Å². The second-order valence-electron chi connectivity index (χ2n) is 9.37. The van der Waals surface area contributed by atoms with Crippen LogP contribution >= 0.6 is 0 Å². The average molecular weight is 501 g/mol. The lowest BCUT2D eigenvalue weighted by atomic mass is 10.0. The molecule has 3 amide bonds. The molecule has 2 aliphatic heterocycles. The number of benzene rings is 2. The number of ether oxygens (including phenoxy) is 1. The van der Waals surface area contributed by atoms with Crippen molar-refractivity contribution < 1.29 is 19.1 Å². The van der Waals surface area contributed by atoms with Crippen molar-refractivity contribution in [3.63, 3.8) is 0 Å². The zero-order valence-corrected chi connectivity index (χ0v) is 20.6. The lowest BCUT2D eigenvalue weighted by molar-refractivity contribution is -0.135. The average Bonchev–Trinajstić information content (AvgIpc) is 3.17. The molecule has 2 aliphatic rings. The number of hydrogen-bond donors (Lipinski definition) is 1. The van der Waals surface area contributed by atoms with E-state index in [0.29, 0.717) is 23.1 Å². The quantitative estimate of drug-likeness (QED) is 0.440. The first-order chi connectivity index (χ1) is 17.9. The van der Waals surface area contributed by atoms with Gasteiger partial charge in [0.05, 0.1) is 22.6 Å². The fourth-order valence-electron chi connectivity index (χ4n) is 5.03. The summed E-state index contributed by atoms with van der Waals surface area (Å²) < 4.78 is 8.47. The van der Waals surface area contributed by atoms with Crippen LogP contribution in [0.25, 0.3) is 11.0 Å². The van der Waals surface area contributed by atoms with E-state index in [1.165, 1.54) is 9.13 Å². The fourth-order valence-corrected chi connectivity index (χ4v) is 5.03. The number of likely N-dealkylation sites (tertiary alicyclic amines) is 1. The van der Waals surface area contributed by atoms with E-state index in [1.807, 2.05) is 36.4 Å². The number of carbonyl (C=O) groups excluding carboxylic acids is 3. The van der Waals surface area contributed by atoms with Gasteiger partial charge in [0.15, 0.2) is 0 Å². The van der Waals surface area contributed by atoms with Crippen LogP contribution in [0.1, 0.15) is 49.3 Å². The Labute approximate surface area is 214 Å². The van der Waals surface area contributed by atoms with Crippen molar-refractivity contribution in [2.75, 3.05) is 6.54 Å². The van der Waals surface area contributed by atoms with Crippen LogP contribution in [0.4, 0.5) is 4.79 Å². The largest absolute Gasteiger partial charge is 0.445 e. The number of imide groups is 1. The van der Waals surface area contributed by atoms with Gasteiger partial charge in [-0.1, -0.05) is 48.2 Å². The van der Waals surface area contributed by atoms with Gasteiger partial charge in [0, 0.05) is 20.0 Å². The molecule has 2 aromatic carbocycles. The number of rotatable bonds is 3. The Hall–Kier alpha value is -4.32. The number of nitrogens with zero attached hydrogens (tertiary/aromatic N) is 3. The second kappa shape index (κ2) is 10.3. The molecule has 0 bridgehead atoms. The standard InChI is InChI=1S/C28H28N4O5/c1-30-25-20(10-7-12-22(25)32(27(30)35)23-15-16-24(33)29-26(23)34)13-14-21-11-5-6-17-31(21)28(36)37-18-19-8-3-2-4-9-19/h2-4,7-10,12,21,23H,5-6,11,15-18H2,1H3,(H,29,33,34). The summed E-state index contributed by atoms with van der Waals surface area (Å²) in [5.74, 6) is 5.62. The Balaban J connectivity index is 1.42. The lowest BCUT2D eigenvalue weighted by Crippen LogP contribution is -2.44. The van der Waals surface area contributed by atoms with Crippen molar-refractivity contribution in [1.82, 2.24) is 19.4 Å². The highest BCUT2D eigenvalue weighted by molar-refractivity contribution is 6.00. The van der Waals surface area contributed by atoms with Gasteiger partial charge in [-0.05, 0) is 43.4 Å². The maximum absolute atomic E-state index is 13.1. The summed E-state index contributed by atoms with van der Waals surface area (Å²) in [6.45, 7) is 0.771. The van der Waals surface area contributed by atoms with E-state index in [-0.39, 0.29) is 37.1 Å². The Bertz CT molecular complexity index is 1480. The number of nitrogens with one attached hydrogen (secondary N) is 1. The summed E-state index contributed by atoms with van der Waals surface area (Å²) in [6, 6.07) is 13.9. The van der Waals surface area contributed by atoms with Crippen LogP contribution in [0.2, 0.25) is 0 Å². The summed E-state index contributed by atoms with van der Waals surface area (Å²) in [6.07, 6.45) is 2.63. The zero-order valence-electron chi connectivity index (χ0n) is 20.6. The summed E-state index contributed by atoms with van der Waals surface area (Å²) in [4.78, 5) is 51.8. The highest BCUT2D eigenvalue weighted by Crippen LogP contribution is 2.25. The van der Waals surface area contributed by atoms with Crippen LogP contribution in [-0.2, 0) is 28.0 Å². The Morgan fingerprint density at radius 2 is 1.86 bits per heavy atom. The summed E-state index contributed by atoms with van der Waals surface area (Å²) in [5, 5.41) is 2.32. The molecule has 0 aliphatic carbocycles. The molecule has 0 radical (unpaired) electrons. The normalized spacial score (nSPS) is 19.8. The first-order valence-electron chi connectivity index (χ1n) is 12.5. The van der Waals surface area contributed by atoms with Crippen LogP contribution in [0, 0.1) is 11.8 Å². The Morgan fingerprint density at radius 1 is 1.05 bits per heavy atom. The number of aryl methyl sites for hydroxylation is 1. The number of piperidine rings is 2. The molecule has 3 aromatic rings. The van der Waals surface area contributed by atoms with E-state index in [0.717, 1.165) is 24.8 Å². The molecule has 5 rings (SSSR count). The van der Waals surface area contributed by atoms with E-state index in [1.54, 1.807) is 24.1 Å². The zero-order chi connectivity index (χ0) is 25.9. The molecule has 9 heteroatoms. The summed E-state index contributed by atoms with van der Waals surface area (Å²) >= 11 is 0. The molecular weight excluding hydrogens is 472 g/mol. The number of amides is 3. The highest BCUT2D eigenvalue weighted by Gasteiger charge is 2.32. The molecule has 2 fully saturated rings. The van der Waals surface area contributed by atoms with E-state index < -0.39 is 18.0 Å². The molecule has 2 unspecified atom stereocenters. The molecule has 190 valence electrons. The number of fused-ring (bicyclic) bond motifs is 1. The first-order valence-corrected chi connectivity index (χ1v) is 12.5. The van der Waals surface area contributed by atoms with Gasteiger partial charge >= 0.3 is 11.8 Å². The van der Waals surface area contributed by atoms with E-state index in [4.69, 9.17) is 4.74 Å². The fraction of sp³-hybridized carbons (Fsp3) is 0.357. The highest BCUT2D eigenvalue weighted by atomic mass is 16.6. The smallest absolute Gasteiger partial charge is 0.411 e. The molecule has 9 nitrogen and oxygen atoms in total. The predicted octanol–water partition coefficient (Wildman–Crippen LogP) is 2.86. The van der Waals surface area contributed by atoms with Gasteiger partial charge in [-0.2, -0.15) is 0 Å². The van der Waals surface area contributed by atoms with Gasteiger partial charge < -0.3 is 4.74 Å². The Kier molecular flexibility index (Phi) is 6.82. The van der Waals surface area contributed by atoms with Crippen molar-refractivity contribution in [2.45, 2.75) is 50.8 Å². The monoisotopic (exact) mass is 500 g/mol. The van der Waals surface area contributed by atoms with Crippen LogP contribution < -0.4 is 11.0 Å². The molecule has 37 heavy (non-hydrogen) atoms. The Morgan fingerprint density at radius 3 is 2.65 bits per heavy atom. The van der Waals surface area contributed by atoms with Gasteiger partial charge in [-0.25, -0.2) is 9.59 Å². The van der Waals surface area contributed by atoms with E-state index in [9.17, 15) is 19.2 Å². The van der Waals surface area contributed by atoms with Gasteiger partial charge in [0.2, 0.25) is 11.8 Å². The predicted molar refractivity (Wildman–Crippen MR) is 136 cm³/mol. The number of aromatic nitrogens is 2. The third kappa shape index (κ3) is 4.87. The van der Waals surface area contributed by atoms with Crippen molar-refractivity contribution in [2.24, 2.45) is 7.05 Å². The van der Waals surface area contributed by atoms with Crippen LogP contribution in [-0.4, -0.2) is 44.5 Å². The first kappa shape index (κ1) is 24.4. The number of carbonyl (C=O) groups is 3. The van der Waals surface area contributed by atoms with Gasteiger partial charge in [0.25, 0.3) is 0 Å². The summed E-state index contributed by atoms with van der Waals surface area (Å²) in [7, 11) is 1.64. The van der Waals surface area contributed by atoms with Crippen LogP contribution in [0.5, 0.6) is 0 Å². The maximum atomic E-state index is 13.1. The van der Waals surface area contributed by atoms with E-state index in [2.05, 4.69) is 17.2 Å². The molecule has 0 saturated carbocycles. The molecule has 1 N–H and O–H groups in total. The van der Waals surface area contributed by atoms with Crippen molar-refractivity contribution in [3.05, 3.63) is 70.1 Å². The molecular formula is C28H28N4O5. The molecule has 2 saturated heterocycles. The molecule has 0 spiro atoms. The maximum Gasteiger partial charge on any atom is 0.411 e. The van der Waals surface area contributed by atoms with Gasteiger partial charge in [-0.3, -0.25) is 28.9 Å². The lowest BCUT2D eigenvalue weighted by Gasteiger charge is -2.31. The minimum Gasteiger partial charge on any atom is -0.445 e. The number of imidazole rings is 1. The van der Waals surface area contributed by atoms with Crippen molar-refractivity contribution in [1.29, 1.82) is 0 Å². The third-order valence-electron chi connectivity index (χ3n) is 6.94. The van der Waals surface area contributed by atoms with Gasteiger partial charge in [-0.15, -0.1) is 0 Å².